The van der Waals surface area contributed by atoms with Gasteiger partial charge in [0.1, 0.15) is 11.6 Å². The van der Waals surface area contributed by atoms with Gasteiger partial charge in [0.05, 0.1) is 6.42 Å². The van der Waals surface area contributed by atoms with Gasteiger partial charge >= 0.3 is 0 Å². The first-order chi connectivity index (χ1) is 7.31. The molecular formula is C12H18N2O. The normalized spacial score (nSPS) is 16.3. The monoisotopic (exact) mass is 206 g/mol. The Kier molecular flexibility index (Phi) is 3.19. The van der Waals surface area contributed by atoms with Crippen molar-refractivity contribution >= 4 is 5.78 Å². The van der Waals surface area contributed by atoms with Crippen molar-refractivity contribution in [2.24, 2.45) is 5.92 Å². The zero-order valence-electron chi connectivity index (χ0n) is 9.28. The van der Waals surface area contributed by atoms with Crippen LogP contribution in [0.25, 0.3) is 0 Å². The lowest BCUT2D eigenvalue weighted by atomic mass is 9.81. The number of hydrogen-bond donors (Lipinski definition) is 0. The van der Waals surface area contributed by atoms with Crippen LogP contribution in [0.4, 0.5) is 0 Å². The number of ketones is 1. The van der Waals surface area contributed by atoms with Crippen LogP contribution in [0.3, 0.4) is 0 Å². The minimum absolute atomic E-state index is 0.330. The summed E-state index contributed by atoms with van der Waals surface area (Å²) in [5, 5.41) is 0. The fraction of sp³-hybridized carbons (Fsp3) is 0.667. The summed E-state index contributed by atoms with van der Waals surface area (Å²) >= 11 is 0. The second-order valence-electron chi connectivity index (χ2n) is 4.31. The molecule has 1 aliphatic carbocycles. The molecule has 1 heterocycles. The number of imidazole rings is 1. The van der Waals surface area contributed by atoms with E-state index in [2.05, 4.69) is 16.5 Å². The van der Waals surface area contributed by atoms with Crippen molar-refractivity contribution in [3.05, 3.63) is 18.2 Å². The highest BCUT2D eigenvalue weighted by atomic mass is 16.1. The first-order valence-corrected chi connectivity index (χ1v) is 5.84. The van der Waals surface area contributed by atoms with Gasteiger partial charge < -0.3 is 4.57 Å². The van der Waals surface area contributed by atoms with Crippen LogP contribution in [0.15, 0.2) is 12.4 Å². The van der Waals surface area contributed by atoms with Gasteiger partial charge in [0, 0.05) is 24.9 Å². The summed E-state index contributed by atoms with van der Waals surface area (Å²) in [5.74, 6) is 1.65. The standard InChI is InChI=1S/C12H18N2O/c1-2-7-14-8-6-13-12(14)9-11(15)10-4-3-5-10/h6,8,10H,2-5,7,9H2,1H3. The maximum Gasteiger partial charge on any atom is 0.143 e. The summed E-state index contributed by atoms with van der Waals surface area (Å²) in [6.07, 6.45) is 8.77. The third-order valence-corrected chi connectivity index (χ3v) is 3.16. The number of carbonyl (C=O) groups is 1. The number of rotatable bonds is 5. The molecule has 0 N–H and O–H groups in total. The smallest absolute Gasteiger partial charge is 0.143 e. The van der Waals surface area contributed by atoms with Crippen molar-refractivity contribution in [3.63, 3.8) is 0 Å². The molecule has 0 radical (unpaired) electrons. The zero-order chi connectivity index (χ0) is 10.7. The zero-order valence-corrected chi connectivity index (χ0v) is 9.28. The fourth-order valence-corrected chi connectivity index (χ4v) is 1.98. The number of nitrogens with zero attached hydrogens (tertiary/aromatic N) is 2. The lowest BCUT2D eigenvalue weighted by Gasteiger charge is -2.23. The van der Waals surface area contributed by atoms with Gasteiger partial charge in [-0.15, -0.1) is 0 Å². The molecule has 3 heteroatoms. The van der Waals surface area contributed by atoms with E-state index in [1.54, 1.807) is 6.20 Å². The third-order valence-electron chi connectivity index (χ3n) is 3.16. The van der Waals surface area contributed by atoms with Crippen molar-refractivity contribution in [2.45, 2.75) is 45.6 Å². The second-order valence-corrected chi connectivity index (χ2v) is 4.31. The molecule has 15 heavy (non-hydrogen) atoms. The molecule has 1 aliphatic rings. The predicted octanol–water partition coefficient (Wildman–Crippen LogP) is 2.20. The lowest BCUT2D eigenvalue weighted by molar-refractivity contribution is -0.124. The van der Waals surface area contributed by atoms with E-state index in [0.717, 1.165) is 31.6 Å². The second kappa shape index (κ2) is 4.60. The summed E-state index contributed by atoms with van der Waals surface area (Å²) in [7, 11) is 0. The van der Waals surface area contributed by atoms with Crippen LogP contribution in [0.5, 0.6) is 0 Å². The Morgan fingerprint density at radius 2 is 2.40 bits per heavy atom. The Morgan fingerprint density at radius 3 is 3.00 bits per heavy atom. The van der Waals surface area contributed by atoms with Crippen molar-refractivity contribution in [1.82, 2.24) is 9.55 Å². The summed E-state index contributed by atoms with van der Waals surface area (Å²) in [6, 6.07) is 0. The average molecular weight is 206 g/mol. The van der Waals surface area contributed by atoms with E-state index >= 15 is 0 Å². The fourth-order valence-electron chi connectivity index (χ4n) is 1.98. The molecule has 0 spiro atoms. The van der Waals surface area contributed by atoms with Gasteiger partial charge in [0.15, 0.2) is 0 Å². The van der Waals surface area contributed by atoms with E-state index in [4.69, 9.17) is 0 Å². The highest BCUT2D eigenvalue weighted by Crippen LogP contribution is 2.28. The van der Waals surface area contributed by atoms with Crippen molar-refractivity contribution < 1.29 is 4.79 Å². The molecular weight excluding hydrogens is 188 g/mol. The summed E-state index contributed by atoms with van der Waals surface area (Å²) in [6.45, 7) is 3.10. The molecule has 1 aromatic rings. The molecule has 0 aliphatic heterocycles. The summed E-state index contributed by atoms with van der Waals surface area (Å²) in [5.41, 5.74) is 0. The van der Waals surface area contributed by atoms with Gasteiger partial charge in [0.2, 0.25) is 0 Å². The van der Waals surface area contributed by atoms with Crippen LogP contribution in [0.1, 0.15) is 38.4 Å². The van der Waals surface area contributed by atoms with E-state index in [-0.39, 0.29) is 0 Å². The molecule has 82 valence electrons. The maximum absolute atomic E-state index is 11.8. The molecule has 0 saturated heterocycles. The van der Waals surface area contributed by atoms with Crippen molar-refractivity contribution in [1.29, 1.82) is 0 Å². The first-order valence-electron chi connectivity index (χ1n) is 5.84. The molecule has 1 aromatic heterocycles. The minimum Gasteiger partial charge on any atom is -0.335 e. The quantitative estimate of drug-likeness (QED) is 0.740. The van der Waals surface area contributed by atoms with Gasteiger partial charge in [-0.2, -0.15) is 0 Å². The Labute approximate surface area is 90.5 Å². The molecule has 0 bridgehead atoms. The summed E-state index contributed by atoms with van der Waals surface area (Å²) < 4.78 is 2.09. The van der Waals surface area contributed by atoms with Crippen LogP contribution in [0.2, 0.25) is 0 Å². The van der Waals surface area contributed by atoms with Gasteiger partial charge in [0.25, 0.3) is 0 Å². The predicted molar refractivity (Wildman–Crippen MR) is 58.6 cm³/mol. The minimum atomic E-state index is 0.330. The van der Waals surface area contributed by atoms with Crippen molar-refractivity contribution in [2.75, 3.05) is 0 Å². The Morgan fingerprint density at radius 1 is 1.60 bits per heavy atom. The van der Waals surface area contributed by atoms with Crippen LogP contribution in [0, 0.1) is 5.92 Å². The number of carbonyl (C=O) groups excluding carboxylic acids is 1. The van der Waals surface area contributed by atoms with E-state index in [1.807, 2.05) is 6.20 Å². The Hall–Kier alpha value is -1.12. The van der Waals surface area contributed by atoms with E-state index in [1.165, 1.54) is 6.42 Å². The van der Waals surface area contributed by atoms with Gasteiger partial charge in [-0.05, 0) is 19.3 Å². The molecule has 0 atom stereocenters. The topological polar surface area (TPSA) is 34.9 Å². The molecule has 0 amide bonds. The molecule has 1 fully saturated rings. The van der Waals surface area contributed by atoms with Crippen LogP contribution in [-0.2, 0) is 17.8 Å². The molecule has 3 nitrogen and oxygen atoms in total. The molecule has 2 rings (SSSR count). The first kappa shape index (κ1) is 10.4. The molecule has 0 aromatic carbocycles. The number of aryl methyl sites for hydroxylation is 1. The highest BCUT2D eigenvalue weighted by Gasteiger charge is 2.25. The Bertz CT molecular complexity index is 339. The van der Waals surface area contributed by atoms with Gasteiger partial charge in [-0.25, -0.2) is 4.98 Å². The SMILES string of the molecule is CCCn1ccnc1CC(=O)C1CCC1. The number of aromatic nitrogens is 2. The van der Waals surface area contributed by atoms with Gasteiger partial charge in [-0.1, -0.05) is 13.3 Å². The van der Waals surface area contributed by atoms with Crippen LogP contribution >= 0.6 is 0 Å². The van der Waals surface area contributed by atoms with E-state index in [9.17, 15) is 4.79 Å². The Balaban J connectivity index is 1.96. The van der Waals surface area contributed by atoms with Gasteiger partial charge in [-0.3, -0.25) is 4.79 Å². The van der Waals surface area contributed by atoms with Crippen LogP contribution in [-0.4, -0.2) is 15.3 Å². The maximum atomic E-state index is 11.8. The van der Waals surface area contributed by atoms with E-state index in [0.29, 0.717) is 18.1 Å². The number of Topliss-reactive ketones (excluding diaryl/α,β-unsaturated/α-hetero) is 1. The lowest BCUT2D eigenvalue weighted by Crippen LogP contribution is -2.24. The molecule has 1 saturated carbocycles. The number of hydrogen-bond acceptors (Lipinski definition) is 2. The van der Waals surface area contributed by atoms with E-state index < -0.39 is 0 Å². The highest BCUT2D eigenvalue weighted by molar-refractivity contribution is 5.83. The average Bonchev–Trinajstić information content (AvgIpc) is 2.50. The largest absolute Gasteiger partial charge is 0.335 e. The van der Waals surface area contributed by atoms with Crippen molar-refractivity contribution in [3.8, 4) is 0 Å². The summed E-state index contributed by atoms with van der Waals surface area (Å²) in [4.78, 5) is 16.1. The third kappa shape index (κ3) is 2.28. The molecule has 0 unspecified atom stereocenters. The van der Waals surface area contributed by atoms with Crippen LogP contribution < -0.4 is 0 Å².